The maximum atomic E-state index is 10.9. The third kappa shape index (κ3) is 2.40. The van der Waals surface area contributed by atoms with Gasteiger partial charge in [0.05, 0.1) is 6.54 Å². The minimum Gasteiger partial charge on any atom is -0.341 e. The summed E-state index contributed by atoms with van der Waals surface area (Å²) in [6, 6.07) is -0.125. The third-order valence-corrected chi connectivity index (χ3v) is 1.16. The van der Waals surface area contributed by atoms with E-state index >= 15 is 0 Å². The van der Waals surface area contributed by atoms with Crippen molar-refractivity contribution < 1.29 is 4.79 Å². The fourth-order valence-electron chi connectivity index (χ4n) is 0.596. The summed E-state index contributed by atoms with van der Waals surface area (Å²) in [6.45, 7) is 2.90. The molecule has 2 amide bonds. The van der Waals surface area contributed by atoms with Crippen LogP contribution in [0.2, 0.25) is 0 Å². The number of nitrogens with one attached hydrogen (secondary N) is 1. The smallest absolute Gasteiger partial charge is 0.317 e. The Morgan fingerprint density at radius 3 is 2.70 bits per heavy atom. The quantitative estimate of drug-likeness (QED) is 0.549. The average Bonchev–Trinajstić information content (AvgIpc) is 1.99. The molecule has 0 heterocycles. The van der Waals surface area contributed by atoms with E-state index in [1.165, 1.54) is 0 Å². The summed E-state index contributed by atoms with van der Waals surface area (Å²) in [7, 11) is 1.58. The van der Waals surface area contributed by atoms with Crippen molar-refractivity contribution >= 4 is 6.03 Å². The van der Waals surface area contributed by atoms with Gasteiger partial charge in [0, 0.05) is 13.6 Å². The topological polar surface area (TPSA) is 32.3 Å². The minimum atomic E-state index is -0.125. The van der Waals surface area contributed by atoms with Crippen LogP contribution >= 0.6 is 0 Å². The van der Waals surface area contributed by atoms with E-state index in [2.05, 4.69) is 11.2 Å². The molecule has 0 saturated heterocycles. The van der Waals surface area contributed by atoms with Crippen LogP contribution in [0.4, 0.5) is 4.79 Å². The third-order valence-electron chi connectivity index (χ3n) is 1.16. The largest absolute Gasteiger partial charge is 0.341 e. The van der Waals surface area contributed by atoms with Gasteiger partial charge in [-0.15, -0.1) is 6.42 Å². The summed E-state index contributed by atoms with van der Waals surface area (Å²) in [6.07, 6.45) is 5.03. The molecule has 0 saturated carbocycles. The Bertz CT molecular complexity index is 148. The molecule has 0 aliphatic rings. The first-order chi connectivity index (χ1) is 4.76. The molecule has 0 unspecified atom stereocenters. The first kappa shape index (κ1) is 8.83. The van der Waals surface area contributed by atoms with Crippen LogP contribution in [-0.2, 0) is 0 Å². The molecule has 0 aromatic rings. The Morgan fingerprint density at radius 1 is 1.80 bits per heavy atom. The van der Waals surface area contributed by atoms with Gasteiger partial charge in [-0.2, -0.15) is 0 Å². The van der Waals surface area contributed by atoms with Gasteiger partial charge in [-0.25, -0.2) is 4.79 Å². The standard InChI is InChI=1S/C7H12N2O/c1-4-6-9(5-2)7(10)8-3/h1H,5-6H2,2-3H3,(H,8,10). The predicted molar refractivity (Wildman–Crippen MR) is 40.5 cm³/mol. The molecule has 10 heavy (non-hydrogen) atoms. The van der Waals surface area contributed by atoms with Crippen molar-refractivity contribution in [3.8, 4) is 12.3 Å². The molecule has 3 heteroatoms. The van der Waals surface area contributed by atoms with Gasteiger partial charge in [0.25, 0.3) is 0 Å². The number of amides is 2. The Hall–Kier alpha value is -1.17. The van der Waals surface area contributed by atoms with Crippen molar-refractivity contribution in [2.24, 2.45) is 0 Å². The maximum Gasteiger partial charge on any atom is 0.317 e. The highest BCUT2D eigenvalue weighted by atomic mass is 16.2. The van der Waals surface area contributed by atoms with Gasteiger partial charge in [-0.1, -0.05) is 5.92 Å². The Balaban J connectivity index is 3.83. The highest BCUT2D eigenvalue weighted by Gasteiger charge is 2.05. The lowest BCUT2D eigenvalue weighted by molar-refractivity contribution is 0.209. The van der Waals surface area contributed by atoms with Crippen LogP contribution in [0.5, 0.6) is 0 Å². The average molecular weight is 140 g/mol. The van der Waals surface area contributed by atoms with Crippen molar-refractivity contribution in [1.29, 1.82) is 0 Å². The Kier molecular flexibility index (Phi) is 4.14. The van der Waals surface area contributed by atoms with Gasteiger partial charge in [-0.3, -0.25) is 0 Å². The first-order valence-corrected chi connectivity index (χ1v) is 3.16. The van der Waals surface area contributed by atoms with Gasteiger partial charge >= 0.3 is 6.03 Å². The van der Waals surface area contributed by atoms with Crippen molar-refractivity contribution in [2.45, 2.75) is 6.92 Å². The summed E-state index contributed by atoms with van der Waals surface area (Å²) in [4.78, 5) is 12.4. The summed E-state index contributed by atoms with van der Waals surface area (Å²) in [5.74, 6) is 2.40. The van der Waals surface area contributed by atoms with Crippen molar-refractivity contribution in [3.63, 3.8) is 0 Å². The summed E-state index contributed by atoms with van der Waals surface area (Å²) < 4.78 is 0. The summed E-state index contributed by atoms with van der Waals surface area (Å²) in [5, 5.41) is 2.49. The van der Waals surface area contributed by atoms with Gasteiger partial charge in [-0.05, 0) is 6.92 Å². The number of carbonyl (C=O) groups is 1. The molecule has 0 aliphatic heterocycles. The van der Waals surface area contributed by atoms with E-state index in [0.29, 0.717) is 13.1 Å². The van der Waals surface area contributed by atoms with Crippen molar-refractivity contribution in [2.75, 3.05) is 20.1 Å². The molecule has 3 nitrogen and oxygen atoms in total. The van der Waals surface area contributed by atoms with Gasteiger partial charge < -0.3 is 10.2 Å². The van der Waals surface area contributed by atoms with E-state index < -0.39 is 0 Å². The maximum absolute atomic E-state index is 10.9. The molecule has 0 aromatic heterocycles. The van der Waals surface area contributed by atoms with Gasteiger partial charge in [0.15, 0.2) is 0 Å². The van der Waals surface area contributed by atoms with Crippen LogP contribution in [0, 0.1) is 12.3 Å². The number of urea groups is 1. The van der Waals surface area contributed by atoms with Crippen LogP contribution in [0.1, 0.15) is 6.92 Å². The SMILES string of the molecule is C#CCN(CC)C(=O)NC. The Labute approximate surface area is 61.4 Å². The van der Waals surface area contributed by atoms with Crippen LogP contribution in [0.15, 0.2) is 0 Å². The number of carbonyl (C=O) groups excluding carboxylic acids is 1. The van der Waals surface area contributed by atoms with Crippen LogP contribution in [0.25, 0.3) is 0 Å². The molecule has 0 atom stereocenters. The number of terminal acetylenes is 1. The second-order valence-electron chi connectivity index (χ2n) is 1.77. The number of hydrogen-bond donors (Lipinski definition) is 1. The lowest BCUT2D eigenvalue weighted by Gasteiger charge is -2.16. The van der Waals surface area contributed by atoms with Gasteiger partial charge in [0.1, 0.15) is 0 Å². The second kappa shape index (κ2) is 4.68. The van der Waals surface area contributed by atoms with E-state index in [-0.39, 0.29) is 6.03 Å². The van der Waals surface area contributed by atoms with Crippen molar-refractivity contribution in [3.05, 3.63) is 0 Å². The zero-order chi connectivity index (χ0) is 7.98. The van der Waals surface area contributed by atoms with Crippen molar-refractivity contribution in [1.82, 2.24) is 10.2 Å². The molecule has 1 N–H and O–H groups in total. The number of rotatable bonds is 2. The fourth-order valence-corrected chi connectivity index (χ4v) is 0.596. The molecule has 0 radical (unpaired) electrons. The second-order valence-corrected chi connectivity index (χ2v) is 1.77. The predicted octanol–water partition coefficient (Wildman–Crippen LogP) is 0.281. The molecule has 0 bridgehead atoms. The zero-order valence-corrected chi connectivity index (χ0v) is 6.35. The van der Waals surface area contributed by atoms with Gasteiger partial charge in [0.2, 0.25) is 0 Å². The number of hydrogen-bond acceptors (Lipinski definition) is 1. The monoisotopic (exact) mass is 140 g/mol. The molecule has 0 spiro atoms. The normalized spacial score (nSPS) is 8.10. The molecule has 56 valence electrons. The molecule has 0 rings (SSSR count). The zero-order valence-electron chi connectivity index (χ0n) is 6.35. The van der Waals surface area contributed by atoms with E-state index in [4.69, 9.17) is 6.42 Å². The molecular formula is C7H12N2O. The molecule has 0 aliphatic carbocycles. The lowest BCUT2D eigenvalue weighted by atomic mass is 10.5. The number of nitrogens with zero attached hydrogens (tertiary/aromatic N) is 1. The highest BCUT2D eigenvalue weighted by Crippen LogP contribution is 1.85. The molecular weight excluding hydrogens is 128 g/mol. The van der Waals surface area contributed by atoms with E-state index in [1.807, 2.05) is 6.92 Å². The lowest BCUT2D eigenvalue weighted by Crippen LogP contribution is -2.37. The minimum absolute atomic E-state index is 0.125. The van der Waals surface area contributed by atoms with E-state index in [9.17, 15) is 4.79 Å². The summed E-state index contributed by atoms with van der Waals surface area (Å²) in [5.41, 5.74) is 0. The summed E-state index contributed by atoms with van der Waals surface area (Å²) >= 11 is 0. The Morgan fingerprint density at radius 2 is 2.40 bits per heavy atom. The highest BCUT2D eigenvalue weighted by molar-refractivity contribution is 5.73. The van der Waals surface area contributed by atoms with Crippen LogP contribution in [-0.4, -0.2) is 31.1 Å². The van der Waals surface area contributed by atoms with E-state index in [1.54, 1.807) is 11.9 Å². The van der Waals surface area contributed by atoms with E-state index in [0.717, 1.165) is 0 Å². The molecule has 0 aromatic carbocycles. The first-order valence-electron chi connectivity index (χ1n) is 3.16. The van der Waals surface area contributed by atoms with Crippen LogP contribution in [0.3, 0.4) is 0 Å². The van der Waals surface area contributed by atoms with Crippen LogP contribution < -0.4 is 5.32 Å². The fraction of sp³-hybridized carbons (Fsp3) is 0.571. The molecule has 0 fully saturated rings.